The summed E-state index contributed by atoms with van der Waals surface area (Å²) in [6, 6.07) is 13.8. The normalized spacial score (nSPS) is 10.4. The Hall–Kier alpha value is -2.88. The highest BCUT2D eigenvalue weighted by Gasteiger charge is 2.15. The van der Waals surface area contributed by atoms with Crippen LogP contribution in [0.5, 0.6) is 5.75 Å². The van der Waals surface area contributed by atoms with E-state index in [0.717, 1.165) is 11.4 Å². The molecule has 0 bridgehead atoms. The quantitative estimate of drug-likeness (QED) is 0.715. The number of pyridine rings is 1. The van der Waals surface area contributed by atoms with E-state index in [4.69, 9.17) is 0 Å². The first-order valence-electron chi connectivity index (χ1n) is 6.18. The minimum Gasteiger partial charge on any atom is -0.507 e. The number of phenols is 1. The molecule has 0 unspecified atom stereocenters. The number of carbonyl (C=O) groups is 1. The van der Waals surface area contributed by atoms with Gasteiger partial charge in [-0.3, -0.25) is 9.78 Å². The molecule has 2 N–H and O–H groups in total. The smallest absolute Gasteiger partial charge is 0.198 e. The van der Waals surface area contributed by atoms with Gasteiger partial charge in [-0.25, -0.2) is 0 Å². The lowest BCUT2D eigenvalue weighted by atomic mass is 10.0. The number of hydrogen-bond acceptors (Lipinski definition) is 3. The van der Waals surface area contributed by atoms with Crippen molar-refractivity contribution in [3.63, 3.8) is 0 Å². The van der Waals surface area contributed by atoms with Gasteiger partial charge in [-0.05, 0) is 30.3 Å². The highest BCUT2D eigenvalue weighted by Crippen LogP contribution is 2.22. The van der Waals surface area contributed by atoms with E-state index in [-0.39, 0.29) is 11.5 Å². The molecule has 4 nitrogen and oxygen atoms in total. The Bertz CT molecular complexity index is 748. The van der Waals surface area contributed by atoms with Crippen LogP contribution in [0.4, 0.5) is 0 Å². The predicted octanol–water partition coefficient (Wildman–Crippen LogP) is 3.01. The lowest BCUT2D eigenvalue weighted by molar-refractivity contribution is 0.103. The van der Waals surface area contributed by atoms with Gasteiger partial charge in [0.05, 0.1) is 17.0 Å². The molecule has 20 heavy (non-hydrogen) atoms. The summed E-state index contributed by atoms with van der Waals surface area (Å²) >= 11 is 0. The summed E-state index contributed by atoms with van der Waals surface area (Å²) in [5.41, 5.74) is 2.32. The second-order valence-electron chi connectivity index (χ2n) is 4.36. The van der Waals surface area contributed by atoms with Crippen molar-refractivity contribution in [1.82, 2.24) is 9.97 Å². The molecule has 98 valence electrons. The van der Waals surface area contributed by atoms with Crippen LogP contribution in [0.3, 0.4) is 0 Å². The predicted molar refractivity (Wildman–Crippen MR) is 75.6 cm³/mol. The number of ketones is 1. The number of benzene rings is 1. The molecule has 0 radical (unpaired) electrons. The van der Waals surface area contributed by atoms with Gasteiger partial charge < -0.3 is 10.1 Å². The summed E-state index contributed by atoms with van der Waals surface area (Å²) in [6.45, 7) is 0. The number of hydrogen-bond donors (Lipinski definition) is 2. The fourth-order valence-corrected chi connectivity index (χ4v) is 2.02. The molecule has 3 aromatic rings. The third-order valence-corrected chi connectivity index (χ3v) is 3.03. The van der Waals surface area contributed by atoms with E-state index in [1.54, 1.807) is 36.7 Å². The van der Waals surface area contributed by atoms with Crippen molar-refractivity contribution < 1.29 is 9.90 Å². The number of rotatable bonds is 3. The molecule has 0 atom stereocenters. The maximum absolute atomic E-state index is 12.3. The zero-order valence-corrected chi connectivity index (χ0v) is 10.6. The van der Waals surface area contributed by atoms with Crippen LogP contribution < -0.4 is 0 Å². The molecule has 0 fully saturated rings. The average molecular weight is 264 g/mol. The topological polar surface area (TPSA) is 66.0 Å². The molecule has 0 spiro atoms. The number of para-hydroxylation sites is 1. The molecule has 4 heteroatoms. The Morgan fingerprint density at radius 1 is 1.10 bits per heavy atom. The molecule has 0 amide bonds. The number of carbonyl (C=O) groups excluding carboxylic acids is 1. The van der Waals surface area contributed by atoms with Gasteiger partial charge in [0.2, 0.25) is 0 Å². The van der Waals surface area contributed by atoms with Crippen molar-refractivity contribution in [1.29, 1.82) is 0 Å². The highest BCUT2D eigenvalue weighted by atomic mass is 16.3. The molecule has 2 heterocycles. The van der Waals surface area contributed by atoms with Crippen LogP contribution in [-0.4, -0.2) is 20.9 Å². The molecule has 0 aliphatic rings. The monoisotopic (exact) mass is 264 g/mol. The number of nitrogens with zero attached hydrogens (tertiary/aromatic N) is 1. The zero-order valence-electron chi connectivity index (χ0n) is 10.6. The Kier molecular flexibility index (Phi) is 3.05. The average Bonchev–Trinajstić information content (AvgIpc) is 2.98. The molecule has 3 rings (SSSR count). The van der Waals surface area contributed by atoms with Crippen molar-refractivity contribution >= 4 is 5.78 Å². The summed E-state index contributed by atoms with van der Waals surface area (Å²) in [5.74, 6) is -0.236. The van der Waals surface area contributed by atoms with Gasteiger partial charge in [-0.2, -0.15) is 0 Å². The lowest BCUT2D eigenvalue weighted by Gasteiger charge is -2.00. The zero-order chi connectivity index (χ0) is 13.9. The van der Waals surface area contributed by atoms with Crippen molar-refractivity contribution in [2.75, 3.05) is 0 Å². The van der Waals surface area contributed by atoms with Gasteiger partial charge in [0.25, 0.3) is 0 Å². The van der Waals surface area contributed by atoms with E-state index in [0.29, 0.717) is 11.1 Å². The van der Waals surface area contributed by atoms with Gasteiger partial charge >= 0.3 is 0 Å². The van der Waals surface area contributed by atoms with Crippen LogP contribution in [-0.2, 0) is 0 Å². The Balaban J connectivity index is 1.95. The second kappa shape index (κ2) is 5.01. The van der Waals surface area contributed by atoms with Crippen molar-refractivity contribution in [2.24, 2.45) is 0 Å². The SMILES string of the molecule is O=C(c1c[nH]c(-c2ccccn2)c1)c1ccccc1O. The Morgan fingerprint density at radius 2 is 1.90 bits per heavy atom. The summed E-state index contributed by atoms with van der Waals surface area (Å²) < 4.78 is 0. The Labute approximate surface area is 115 Å². The van der Waals surface area contributed by atoms with Crippen LogP contribution in [0.2, 0.25) is 0 Å². The number of aromatic amines is 1. The third-order valence-electron chi connectivity index (χ3n) is 3.03. The molecule has 0 saturated heterocycles. The number of nitrogens with one attached hydrogen (secondary N) is 1. The fraction of sp³-hybridized carbons (Fsp3) is 0. The summed E-state index contributed by atoms with van der Waals surface area (Å²) in [7, 11) is 0. The van der Waals surface area contributed by atoms with Crippen LogP contribution in [0.1, 0.15) is 15.9 Å². The van der Waals surface area contributed by atoms with Crippen LogP contribution in [0.25, 0.3) is 11.4 Å². The van der Waals surface area contributed by atoms with Crippen molar-refractivity contribution in [2.45, 2.75) is 0 Å². The maximum atomic E-state index is 12.3. The molecule has 0 saturated carbocycles. The van der Waals surface area contributed by atoms with Crippen LogP contribution in [0.15, 0.2) is 60.9 Å². The molecule has 0 aliphatic carbocycles. The van der Waals surface area contributed by atoms with Crippen molar-refractivity contribution in [3.8, 4) is 17.1 Å². The largest absolute Gasteiger partial charge is 0.507 e. The minimum atomic E-state index is -0.221. The first-order chi connectivity index (χ1) is 9.75. The van der Waals surface area contributed by atoms with Gasteiger partial charge in [-0.15, -0.1) is 0 Å². The van der Waals surface area contributed by atoms with Crippen molar-refractivity contribution in [3.05, 3.63) is 72.1 Å². The van der Waals surface area contributed by atoms with Gasteiger partial charge in [0, 0.05) is 18.0 Å². The molecular formula is C16H12N2O2. The molecule has 0 aliphatic heterocycles. The minimum absolute atomic E-state index is 0.0157. The Morgan fingerprint density at radius 3 is 2.65 bits per heavy atom. The van der Waals surface area contributed by atoms with E-state index in [9.17, 15) is 9.90 Å². The van der Waals surface area contributed by atoms with Crippen LogP contribution >= 0.6 is 0 Å². The van der Waals surface area contributed by atoms with E-state index >= 15 is 0 Å². The van der Waals surface area contributed by atoms with E-state index in [1.807, 2.05) is 18.2 Å². The summed E-state index contributed by atoms with van der Waals surface area (Å²) in [4.78, 5) is 19.6. The van der Waals surface area contributed by atoms with E-state index in [2.05, 4.69) is 9.97 Å². The van der Waals surface area contributed by atoms with Crippen LogP contribution in [0, 0.1) is 0 Å². The summed E-state index contributed by atoms with van der Waals surface area (Å²) in [6.07, 6.45) is 3.32. The number of aromatic nitrogens is 2. The molecule has 2 aromatic heterocycles. The van der Waals surface area contributed by atoms with E-state index < -0.39 is 0 Å². The first kappa shape index (κ1) is 12.2. The molecular weight excluding hydrogens is 252 g/mol. The number of phenolic OH excluding ortho intramolecular Hbond substituents is 1. The van der Waals surface area contributed by atoms with E-state index in [1.165, 1.54) is 6.07 Å². The third kappa shape index (κ3) is 2.19. The maximum Gasteiger partial charge on any atom is 0.198 e. The van der Waals surface area contributed by atoms with Gasteiger partial charge in [0.15, 0.2) is 5.78 Å². The second-order valence-corrected chi connectivity index (χ2v) is 4.36. The molecule has 1 aromatic carbocycles. The first-order valence-corrected chi connectivity index (χ1v) is 6.18. The standard InChI is InChI=1S/C16H12N2O2/c19-15-7-2-1-5-12(15)16(20)11-9-14(18-10-11)13-6-3-4-8-17-13/h1-10,18-19H. The lowest BCUT2D eigenvalue weighted by Crippen LogP contribution is -1.99. The van der Waals surface area contributed by atoms with Gasteiger partial charge in [-0.1, -0.05) is 18.2 Å². The summed E-state index contributed by atoms with van der Waals surface area (Å²) in [5, 5.41) is 9.72. The number of H-pyrrole nitrogens is 1. The highest BCUT2D eigenvalue weighted by molar-refractivity contribution is 6.11. The number of aromatic hydroxyl groups is 1. The van der Waals surface area contributed by atoms with Gasteiger partial charge in [0.1, 0.15) is 5.75 Å². The fourth-order valence-electron chi connectivity index (χ4n) is 2.02.